The van der Waals surface area contributed by atoms with Gasteiger partial charge in [-0.05, 0) is 55.7 Å². The van der Waals surface area contributed by atoms with Crippen LogP contribution in [-0.2, 0) is 0 Å². The molecule has 21 heavy (non-hydrogen) atoms. The summed E-state index contributed by atoms with van der Waals surface area (Å²) in [5, 5.41) is 0. The second-order valence-electron chi connectivity index (χ2n) is 5.39. The summed E-state index contributed by atoms with van der Waals surface area (Å²) in [5.41, 5.74) is 9.64. The molecule has 2 N–H and O–H groups in total. The average Bonchev–Trinajstić information content (AvgIpc) is 2.50. The van der Waals surface area contributed by atoms with Crippen LogP contribution in [0.25, 0.3) is 0 Å². The molecule has 0 radical (unpaired) electrons. The summed E-state index contributed by atoms with van der Waals surface area (Å²) >= 11 is 0. The number of hydrogen-bond donors (Lipinski definition) is 1. The number of nitrogens with two attached hydrogens (primary N) is 1. The van der Waals surface area contributed by atoms with Gasteiger partial charge in [-0.1, -0.05) is 24.3 Å². The molecule has 0 fully saturated rings. The topological polar surface area (TPSA) is 44.5 Å². The molecular formula is C18H23NO2. The highest BCUT2D eigenvalue weighted by molar-refractivity contribution is 5.36. The van der Waals surface area contributed by atoms with E-state index in [0.29, 0.717) is 0 Å². The van der Waals surface area contributed by atoms with Gasteiger partial charge in [-0.15, -0.1) is 0 Å². The standard InChI is InChI=1S/C18H23NO2/c1-12-5-6-13(2)17(11-12)21-14(3)18(19)15-7-9-16(20-4)10-8-15/h5-11,14,18H,19H2,1-4H3. The molecule has 112 valence electrons. The predicted octanol–water partition coefficient (Wildman–Crippen LogP) is 3.78. The van der Waals surface area contributed by atoms with Crippen LogP contribution in [0.3, 0.4) is 0 Å². The summed E-state index contributed by atoms with van der Waals surface area (Å²) in [6.45, 7) is 6.09. The first-order chi connectivity index (χ1) is 10.0. The molecule has 0 saturated carbocycles. The molecule has 2 aromatic rings. The van der Waals surface area contributed by atoms with Crippen molar-refractivity contribution in [3.05, 3.63) is 59.2 Å². The van der Waals surface area contributed by atoms with E-state index in [-0.39, 0.29) is 12.1 Å². The minimum absolute atomic E-state index is 0.112. The monoisotopic (exact) mass is 285 g/mol. The van der Waals surface area contributed by atoms with Crippen molar-refractivity contribution in [1.29, 1.82) is 0 Å². The van der Waals surface area contributed by atoms with Gasteiger partial charge in [-0.25, -0.2) is 0 Å². The molecule has 0 amide bonds. The maximum Gasteiger partial charge on any atom is 0.122 e. The molecule has 0 aliphatic rings. The summed E-state index contributed by atoms with van der Waals surface area (Å²) in [5.74, 6) is 1.72. The Bertz CT molecular complexity index is 593. The van der Waals surface area contributed by atoms with Gasteiger partial charge in [-0.3, -0.25) is 0 Å². The second kappa shape index (κ2) is 6.64. The minimum Gasteiger partial charge on any atom is -0.497 e. The molecule has 0 aliphatic carbocycles. The van der Waals surface area contributed by atoms with E-state index in [1.807, 2.05) is 44.2 Å². The minimum atomic E-state index is -0.184. The van der Waals surface area contributed by atoms with Crippen LogP contribution in [-0.4, -0.2) is 13.2 Å². The van der Waals surface area contributed by atoms with Crippen molar-refractivity contribution in [2.75, 3.05) is 7.11 Å². The Labute approximate surface area is 126 Å². The molecule has 3 heteroatoms. The summed E-state index contributed by atoms with van der Waals surface area (Å²) in [6, 6.07) is 13.8. The van der Waals surface area contributed by atoms with Crippen LogP contribution >= 0.6 is 0 Å². The van der Waals surface area contributed by atoms with E-state index in [9.17, 15) is 0 Å². The predicted molar refractivity (Wildman–Crippen MR) is 85.9 cm³/mol. The van der Waals surface area contributed by atoms with Gasteiger partial charge in [0.15, 0.2) is 0 Å². The number of benzene rings is 2. The normalized spacial score (nSPS) is 13.6. The second-order valence-corrected chi connectivity index (χ2v) is 5.39. The lowest BCUT2D eigenvalue weighted by atomic mass is 10.0. The lowest BCUT2D eigenvalue weighted by molar-refractivity contribution is 0.189. The lowest BCUT2D eigenvalue weighted by Crippen LogP contribution is -2.28. The number of rotatable bonds is 5. The van der Waals surface area contributed by atoms with E-state index in [1.54, 1.807) is 7.11 Å². The van der Waals surface area contributed by atoms with E-state index >= 15 is 0 Å². The fourth-order valence-electron chi connectivity index (χ4n) is 2.21. The smallest absolute Gasteiger partial charge is 0.122 e. The van der Waals surface area contributed by atoms with Gasteiger partial charge in [0.25, 0.3) is 0 Å². The molecule has 0 aromatic heterocycles. The van der Waals surface area contributed by atoms with Crippen molar-refractivity contribution < 1.29 is 9.47 Å². The summed E-state index contributed by atoms with van der Waals surface area (Å²) < 4.78 is 11.2. The first kappa shape index (κ1) is 15.4. The molecular weight excluding hydrogens is 262 g/mol. The largest absolute Gasteiger partial charge is 0.497 e. The van der Waals surface area contributed by atoms with Crippen LogP contribution in [0.15, 0.2) is 42.5 Å². The Hall–Kier alpha value is -2.00. The molecule has 2 unspecified atom stereocenters. The third-order valence-electron chi connectivity index (χ3n) is 3.66. The maximum absolute atomic E-state index is 6.30. The summed E-state index contributed by atoms with van der Waals surface area (Å²) in [4.78, 5) is 0. The highest BCUT2D eigenvalue weighted by Gasteiger charge is 2.17. The fourth-order valence-corrected chi connectivity index (χ4v) is 2.21. The van der Waals surface area contributed by atoms with Crippen molar-refractivity contribution in [1.82, 2.24) is 0 Å². The maximum atomic E-state index is 6.30. The van der Waals surface area contributed by atoms with Crippen molar-refractivity contribution >= 4 is 0 Å². The molecule has 0 heterocycles. The van der Waals surface area contributed by atoms with E-state index < -0.39 is 0 Å². The quantitative estimate of drug-likeness (QED) is 0.909. The van der Waals surface area contributed by atoms with Crippen LogP contribution in [0.1, 0.15) is 29.7 Å². The number of aryl methyl sites for hydroxylation is 2. The SMILES string of the molecule is COc1ccc(C(N)C(C)Oc2cc(C)ccc2C)cc1. The number of methoxy groups -OCH3 is 1. The molecule has 3 nitrogen and oxygen atoms in total. The van der Waals surface area contributed by atoms with Crippen LogP contribution in [0.2, 0.25) is 0 Å². The van der Waals surface area contributed by atoms with E-state index in [1.165, 1.54) is 5.56 Å². The molecule has 2 atom stereocenters. The van der Waals surface area contributed by atoms with E-state index in [4.69, 9.17) is 15.2 Å². The van der Waals surface area contributed by atoms with Crippen molar-refractivity contribution in [2.45, 2.75) is 32.9 Å². The Balaban J connectivity index is 2.11. The zero-order chi connectivity index (χ0) is 15.4. The Morgan fingerprint density at radius 1 is 1.00 bits per heavy atom. The zero-order valence-corrected chi connectivity index (χ0v) is 13.1. The third-order valence-corrected chi connectivity index (χ3v) is 3.66. The zero-order valence-electron chi connectivity index (χ0n) is 13.1. The Kier molecular flexibility index (Phi) is 4.86. The molecule has 0 aliphatic heterocycles. The fraction of sp³-hybridized carbons (Fsp3) is 0.333. The molecule has 0 bridgehead atoms. The van der Waals surface area contributed by atoms with Crippen LogP contribution < -0.4 is 15.2 Å². The van der Waals surface area contributed by atoms with Gasteiger partial charge in [-0.2, -0.15) is 0 Å². The summed E-state index contributed by atoms with van der Waals surface area (Å²) in [6.07, 6.45) is -0.112. The first-order valence-corrected chi connectivity index (χ1v) is 7.14. The average molecular weight is 285 g/mol. The van der Waals surface area contributed by atoms with Crippen LogP contribution in [0.5, 0.6) is 11.5 Å². The van der Waals surface area contributed by atoms with Gasteiger partial charge < -0.3 is 15.2 Å². The summed E-state index contributed by atoms with van der Waals surface area (Å²) in [7, 11) is 1.65. The van der Waals surface area contributed by atoms with Crippen molar-refractivity contribution in [3.63, 3.8) is 0 Å². The van der Waals surface area contributed by atoms with E-state index in [2.05, 4.69) is 19.1 Å². The Morgan fingerprint density at radius 3 is 2.29 bits per heavy atom. The van der Waals surface area contributed by atoms with Crippen LogP contribution in [0.4, 0.5) is 0 Å². The van der Waals surface area contributed by atoms with Crippen LogP contribution in [0, 0.1) is 13.8 Å². The molecule has 2 rings (SSSR count). The van der Waals surface area contributed by atoms with Gasteiger partial charge in [0.1, 0.15) is 17.6 Å². The number of ether oxygens (including phenoxy) is 2. The van der Waals surface area contributed by atoms with Crippen molar-refractivity contribution in [3.8, 4) is 11.5 Å². The molecule has 0 saturated heterocycles. The molecule has 2 aromatic carbocycles. The number of hydrogen-bond acceptors (Lipinski definition) is 3. The van der Waals surface area contributed by atoms with Crippen molar-refractivity contribution in [2.24, 2.45) is 5.73 Å². The van der Waals surface area contributed by atoms with Gasteiger partial charge in [0.05, 0.1) is 13.2 Å². The van der Waals surface area contributed by atoms with E-state index in [0.717, 1.165) is 22.6 Å². The lowest BCUT2D eigenvalue weighted by Gasteiger charge is -2.23. The molecule has 0 spiro atoms. The van der Waals surface area contributed by atoms with Gasteiger partial charge in [0, 0.05) is 0 Å². The van der Waals surface area contributed by atoms with Gasteiger partial charge >= 0.3 is 0 Å². The third kappa shape index (κ3) is 3.76. The first-order valence-electron chi connectivity index (χ1n) is 7.14. The Morgan fingerprint density at radius 2 is 1.67 bits per heavy atom. The highest BCUT2D eigenvalue weighted by atomic mass is 16.5. The van der Waals surface area contributed by atoms with Gasteiger partial charge in [0.2, 0.25) is 0 Å². The highest BCUT2D eigenvalue weighted by Crippen LogP contribution is 2.25.